The van der Waals surface area contributed by atoms with Gasteiger partial charge in [0.2, 0.25) is 0 Å². The second-order valence-electron chi connectivity index (χ2n) is 5.68. The molecule has 0 aliphatic carbocycles. The lowest BCUT2D eigenvalue weighted by Gasteiger charge is -2.21. The molecule has 3 aromatic rings. The molecule has 0 fully saturated rings. The van der Waals surface area contributed by atoms with E-state index in [1.807, 2.05) is 6.92 Å². The maximum atomic E-state index is 12.5. The summed E-state index contributed by atoms with van der Waals surface area (Å²) in [5, 5.41) is 5.47. The fourth-order valence-corrected chi connectivity index (χ4v) is 2.56. The Morgan fingerprint density at radius 3 is 2.04 bits per heavy atom. The molecule has 1 aromatic carbocycles. The molecule has 2 N–H and O–H groups in total. The number of methoxy groups -OCH3 is 1. The number of nitrogens with one attached hydrogen (secondary N) is 2. The van der Waals surface area contributed by atoms with Crippen LogP contribution in [0.2, 0.25) is 0 Å². The van der Waals surface area contributed by atoms with Gasteiger partial charge in [0.05, 0.1) is 26.2 Å². The smallest absolute Gasteiger partial charge is 0.288 e. The molecule has 0 unspecified atom stereocenters. The van der Waals surface area contributed by atoms with E-state index in [2.05, 4.69) is 10.6 Å². The SMILES string of the molecule is CCOc1cc(C(NC(=O)c2ccco2)NC(=O)c2ccco2)ccc1OC. The van der Waals surface area contributed by atoms with Crippen molar-refractivity contribution in [1.82, 2.24) is 10.6 Å². The molecule has 2 amide bonds. The topological polar surface area (TPSA) is 103 Å². The molecule has 28 heavy (non-hydrogen) atoms. The van der Waals surface area contributed by atoms with Crippen molar-refractivity contribution in [3.63, 3.8) is 0 Å². The van der Waals surface area contributed by atoms with Crippen molar-refractivity contribution in [2.75, 3.05) is 13.7 Å². The zero-order chi connectivity index (χ0) is 19.9. The highest BCUT2D eigenvalue weighted by Gasteiger charge is 2.22. The molecule has 8 nitrogen and oxygen atoms in total. The standard InChI is InChI=1S/C20H20N2O6/c1-3-26-17-12-13(8-9-14(17)25-2)18(21-19(23)15-6-4-10-27-15)22-20(24)16-7-5-11-28-16/h4-12,18H,3H2,1-2H3,(H,21,23)(H,22,24). The molecule has 0 aliphatic rings. The van der Waals surface area contributed by atoms with Gasteiger partial charge in [0.1, 0.15) is 6.17 Å². The molecule has 0 saturated heterocycles. The number of amides is 2. The fourth-order valence-electron chi connectivity index (χ4n) is 2.56. The van der Waals surface area contributed by atoms with Gasteiger partial charge in [0, 0.05) is 0 Å². The summed E-state index contributed by atoms with van der Waals surface area (Å²) >= 11 is 0. The lowest BCUT2D eigenvalue weighted by atomic mass is 10.1. The molecule has 0 aliphatic heterocycles. The quantitative estimate of drug-likeness (QED) is 0.579. The Balaban J connectivity index is 1.89. The van der Waals surface area contributed by atoms with Crippen LogP contribution in [0.1, 0.15) is 39.8 Å². The van der Waals surface area contributed by atoms with Crippen LogP contribution in [0.15, 0.2) is 63.8 Å². The van der Waals surface area contributed by atoms with Gasteiger partial charge in [-0.2, -0.15) is 0 Å². The first-order valence-corrected chi connectivity index (χ1v) is 8.61. The van der Waals surface area contributed by atoms with Gasteiger partial charge >= 0.3 is 0 Å². The van der Waals surface area contributed by atoms with Crippen LogP contribution in [0, 0.1) is 0 Å². The summed E-state index contributed by atoms with van der Waals surface area (Å²) in [5.74, 6) is 0.310. The van der Waals surface area contributed by atoms with E-state index in [1.54, 1.807) is 30.3 Å². The van der Waals surface area contributed by atoms with Gasteiger partial charge in [0.15, 0.2) is 23.0 Å². The lowest BCUT2D eigenvalue weighted by Crippen LogP contribution is -2.41. The van der Waals surface area contributed by atoms with E-state index in [0.717, 1.165) is 0 Å². The Morgan fingerprint density at radius 2 is 1.57 bits per heavy atom. The minimum Gasteiger partial charge on any atom is -0.493 e. The third-order valence-corrected chi connectivity index (χ3v) is 3.86. The summed E-state index contributed by atoms with van der Waals surface area (Å²) in [5.41, 5.74) is 0.587. The zero-order valence-electron chi connectivity index (χ0n) is 15.4. The van der Waals surface area contributed by atoms with Gasteiger partial charge in [-0.1, -0.05) is 6.07 Å². The zero-order valence-corrected chi connectivity index (χ0v) is 15.4. The summed E-state index contributed by atoms with van der Waals surface area (Å²) in [6.45, 7) is 2.28. The molecule has 3 rings (SSSR count). The van der Waals surface area contributed by atoms with Crippen molar-refractivity contribution in [1.29, 1.82) is 0 Å². The minimum absolute atomic E-state index is 0.121. The molecule has 146 valence electrons. The Bertz CT molecular complexity index is 870. The number of benzene rings is 1. The van der Waals surface area contributed by atoms with Crippen LogP contribution in [-0.4, -0.2) is 25.5 Å². The second kappa shape index (κ2) is 8.81. The maximum absolute atomic E-state index is 12.5. The van der Waals surface area contributed by atoms with Crippen molar-refractivity contribution in [3.8, 4) is 11.5 Å². The van der Waals surface area contributed by atoms with Crippen LogP contribution in [0.5, 0.6) is 11.5 Å². The summed E-state index contributed by atoms with van der Waals surface area (Å²) in [6.07, 6.45) is 1.93. The van der Waals surface area contributed by atoms with Gasteiger partial charge in [-0.15, -0.1) is 0 Å². The van der Waals surface area contributed by atoms with E-state index in [9.17, 15) is 9.59 Å². The number of ether oxygens (including phenoxy) is 2. The van der Waals surface area contributed by atoms with Gasteiger partial charge in [-0.05, 0) is 48.9 Å². The largest absolute Gasteiger partial charge is 0.493 e. The fraction of sp³-hybridized carbons (Fsp3) is 0.200. The van der Waals surface area contributed by atoms with Crippen LogP contribution >= 0.6 is 0 Å². The number of hydrogen-bond donors (Lipinski definition) is 2. The number of furan rings is 2. The highest BCUT2D eigenvalue weighted by molar-refractivity contribution is 5.94. The molecule has 0 saturated carbocycles. The Morgan fingerprint density at radius 1 is 0.964 bits per heavy atom. The summed E-state index contributed by atoms with van der Waals surface area (Å²) in [6, 6.07) is 11.4. The third-order valence-electron chi connectivity index (χ3n) is 3.86. The minimum atomic E-state index is -0.861. The van der Waals surface area contributed by atoms with E-state index >= 15 is 0 Å². The summed E-state index contributed by atoms with van der Waals surface area (Å²) < 4.78 is 21.1. The molecule has 0 atom stereocenters. The molecule has 2 aromatic heterocycles. The average molecular weight is 384 g/mol. The third kappa shape index (κ3) is 4.35. The predicted octanol–water partition coefficient (Wildman–Crippen LogP) is 3.14. The Hall–Kier alpha value is -3.68. The van der Waals surface area contributed by atoms with Crippen molar-refractivity contribution in [2.45, 2.75) is 13.1 Å². The molecule has 0 bridgehead atoms. The average Bonchev–Trinajstić information content (AvgIpc) is 3.41. The summed E-state index contributed by atoms with van der Waals surface area (Å²) in [7, 11) is 1.53. The molecule has 8 heteroatoms. The van der Waals surface area contributed by atoms with E-state index in [-0.39, 0.29) is 11.5 Å². The number of rotatable bonds is 8. The van der Waals surface area contributed by atoms with Crippen LogP contribution in [0.3, 0.4) is 0 Å². The van der Waals surface area contributed by atoms with Gasteiger partial charge in [-0.25, -0.2) is 0 Å². The first-order valence-electron chi connectivity index (χ1n) is 8.61. The second-order valence-corrected chi connectivity index (χ2v) is 5.68. The van der Waals surface area contributed by atoms with Crippen molar-refractivity contribution >= 4 is 11.8 Å². The molecule has 0 spiro atoms. The number of carbonyl (C=O) groups excluding carboxylic acids is 2. The van der Waals surface area contributed by atoms with Gasteiger partial charge in [-0.3, -0.25) is 9.59 Å². The van der Waals surface area contributed by atoms with Crippen LogP contribution in [0.25, 0.3) is 0 Å². The van der Waals surface area contributed by atoms with Crippen molar-refractivity contribution < 1.29 is 27.9 Å². The van der Waals surface area contributed by atoms with Crippen LogP contribution in [-0.2, 0) is 0 Å². The molecule has 0 radical (unpaired) electrons. The highest BCUT2D eigenvalue weighted by atomic mass is 16.5. The molecular formula is C20H20N2O6. The van der Waals surface area contributed by atoms with Crippen molar-refractivity contribution in [2.24, 2.45) is 0 Å². The lowest BCUT2D eigenvalue weighted by molar-refractivity contribution is 0.0853. The normalized spacial score (nSPS) is 10.5. The van der Waals surface area contributed by atoms with Gasteiger partial charge < -0.3 is 28.9 Å². The molecular weight excluding hydrogens is 364 g/mol. The van der Waals surface area contributed by atoms with Crippen molar-refractivity contribution in [3.05, 3.63) is 72.1 Å². The van der Waals surface area contributed by atoms with Gasteiger partial charge in [0.25, 0.3) is 11.8 Å². The number of carbonyl (C=O) groups is 2. The predicted molar refractivity (Wildman–Crippen MR) is 99.3 cm³/mol. The first kappa shape index (κ1) is 19.1. The van der Waals surface area contributed by atoms with E-state index in [4.69, 9.17) is 18.3 Å². The Labute approximate surface area is 161 Å². The van der Waals surface area contributed by atoms with E-state index < -0.39 is 18.0 Å². The summed E-state index contributed by atoms with van der Waals surface area (Å²) in [4.78, 5) is 24.9. The number of hydrogen-bond acceptors (Lipinski definition) is 6. The maximum Gasteiger partial charge on any atom is 0.288 e. The molecule has 2 heterocycles. The van der Waals surface area contributed by atoms with E-state index in [0.29, 0.717) is 23.7 Å². The monoisotopic (exact) mass is 384 g/mol. The highest BCUT2D eigenvalue weighted by Crippen LogP contribution is 2.30. The Kier molecular flexibility index (Phi) is 6.01. The first-order chi connectivity index (χ1) is 13.6. The van der Waals surface area contributed by atoms with E-state index in [1.165, 1.54) is 31.8 Å². The van der Waals surface area contributed by atoms with Crippen LogP contribution < -0.4 is 20.1 Å². The van der Waals surface area contributed by atoms with Crippen LogP contribution in [0.4, 0.5) is 0 Å².